The smallest absolute Gasteiger partial charge is 0.252 e. The van der Waals surface area contributed by atoms with Crippen molar-refractivity contribution in [1.29, 1.82) is 0 Å². The van der Waals surface area contributed by atoms with Crippen LogP contribution in [0.1, 0.15) is 12.5 Å². The number of hydrogen-bond acceptors (Lipinski definition) is 3. The summed E-state index contributed by atoms with van der Waals surface area (Å²) in [5.41, 5.74) is 1.90. The van der Waals surface area contributed by atoms with E-state index in [1.165, 1.54) is 11.3 Å². The first kappa shape index (κ1) is 18.4. The number of benzene rings is 2. The summed E-state index contributed by atoms with van der Waals surface area (Å²) >= 11 is 7.52. The molecule has 134 valence electrons. The van der Waals surface area contributed by atoms with Crippen LogP contribution in [0.5, 0.6) is 5.75 Å². The average molecular weight is 387 g/mol. The van der Waals surface area contributed by atoms with Gasteiger partial charge in [-0.3, -0.25) is 4.79 Å². The van der Waals surface area contributed by atoms with Crippen LogP contribution in [-0.2, 0) is 17.8 Å². The number of thiazole rings is 1. The minimum atomic E-state index is -0.190. The molecule has 0 aliphatic carbocycles. The van der Waals surface area contributed by atoms with Crippen molar-refractivity contribution < 1.29 is 9.53 Å². The second kappa shape index (κ2) is 8.34. The van der Waals surface area contributed by atoms with Gasteiger partial charge in [0.25, 0.3) is 5.91 Å². The van der Waals surface area contributed by atoms with E-state index in [1.807, 2.05) is 54.0 Å². The normalized spacial score (nSPS) is 11.7. The highest BCUT2D eigenvalue weighted by atomic mass is 35.5. The molecule has 0 radical (unpaired) electrons. The number of nitrogens with zero attached hydrogens (tertiary/aromatic N) is 2. The third kappa shape index (κ3) is 4.23. The summed E-state index contributed by atoms with van der Waals surface area (Å²) in [5.74, 6) is 0.607. The summed E-state index contributed by atoms with van der Waals surface area (Å²) in [6, 6.07) is 13.2. The van der Waals surface area contributed by atoms with Gasteiger partial charge in [0, 0.05) is 11.6 Å². The standard InChI is InChI=1S/C20H19ClN2O2S/c1-3-11-23-17-10-7-15(21)13-18(17)26-20(23)22-19(24)12-14-5-8-16(9-6-14)25-4-2/h3,5-10,13H,1,4,11-12H2,2H3. The number of fused-ring (bicyclic) bond motifs is 1. The molecule has 26 heavy (non-hydrogen) atoms. The van der Waals surface area contributed by atoms with Crippen LogP contribution >= 0.6 is 22.9 Å². The fourth-order valence-corrected chi connectivity index (χ4v) is 3.96. The number of carbonyl (C=O) groups excluding carboxylic acids is 1. The molecule has 1 heterocycles. The maximum Gasteiger partial charge on any atom is 0.252 e. The number of carbonyl (C=O) groups is 1. The minimum Gasteiger partial charge on any atom is -0.494 e. The molecule has 0 aliphatic rings. The topological polar surface area (TPSA) is 43.6 Å². The molecule has 3 rings (SSSR count). The van der Waals surface area contributed by atoms with E-state index in [9.17, 15) is 4.79 Å². The summed E-state index contributed by atoms with van der Waals surface area (Å²) in [6.07, 6.45) is 2.03. The molecule has 0 N–H and O–H groups in total. The second-order valence-electron chi connectivity index (χ2n) is 5.66. The van der Waals surface area contributed by atoms with E-state index < -0.39 is 0 Å². The van der Waals surface area contributed by atoms with Crippen molar-refractivity contribution in [2.75, 3.05) is 6.61 Å². The van der Waals surface area contributed by atoms with Crippen molar-refractivity contribution in [3.63, 3.8) is 0 Å². The summed E-state index contributed by atoms with van der Waals surface area (Å²) in [4.78, 5) is 17.4. The van der Waals surface area contributed by atoms with E-state index in [4.69, 9.17) is 16.3 Å². The van der Waals surface area contributed by atoms with Gasteiger partial charge in [0.15, 0.2) is 4.80 Å². The van der Waals surface area contributed by atoms with Crippen LogP contribution in [0.3, 0.4) is 0 Å². The summed E-state index contributed by atoms with van der Waals surface area (Å²) in [6.45, 7) is 6.93. The molecule has 6 heteroatoms. The molecular weight excluding hydrogens is 368 g/mol. The highest BCUT2D eigenvalue weighted by Gasteiger charge is 2.08. The predicted molar refractivity (Wildman–Crippen MR) is 107 cm³/mol. The quantitative estimate of drug-likeness (QED) is 0.580. The molecule has 0 fully saturated rings. The van der Waals surface area contributed by atoms with Gasteiger partial charge in [0.1, 0.15) is 5.75 Å². The lowest BCUT2D eigenvalue weighted by molar-refractivity contribution is -0.117. The number of allylic oxidation sites excluding steroid dienone is 1. The molecule has 2 aromatic carbocycles. The third-order valence-electron chi connectivity index (χ3n) is 3.77. The predicted octanol–water partition coefficient (Wildman–Crippen LogP) is 4.61. The molecule has 1 amide bonds. The fourth-order valence-electron chi connectivity index (χ4n) is 2.63. The Kier molecular flexibility index (Phi) is 5.91. The number of aromatic nitrogens is 1. The van der Waals surface area contributed by atoms with Gasteiger partial charge in [-0.05, 0) is 42.8 Å². The van der Waals surface area contributed by atoms with Crippen LogP contribution < -0.4 is 9.54 Å². The van der Waals surface area contributed by atoms with Crippen molar-refractivity contribution in [3.8, 4) is 5.75 Å². The van der Waals surface area contributed by atoms with E-state index in [-0.39, 0.29) is 12.3 Å². The van der Waals surface area contributed by atoms with Gasteiger partial charge < -0.3 is 9.30 Å². The average Bonchev–Trinajstić information content (AvgIpc) is 2.93. The highest BCUT2D eigenvalue weighted by Crippen LogP contribution is 2.22. The molecular formula is C20H19ClN2O2S. The van der Waals surface area contributed by atoms with Gasteiger partial charge in [-0.2, -0.15) is 4.99 Å². The highest BCUT2D eigenvalue weighted by molar-refractivity contribution is 7.16. The maximum absolute atomic E-state index is 12.4. The molecule has 0 saturated heterocycles. The molecule has 3 aromatic rings. The lowest BCUT2D eigenvalue weighted by Gasteiger charge is -2.03. The Morgan fingerprint density at radius 1 is 1.31 bits per heavy atom. The molecule has 0 saturated carbocycles. The van der Waals surface area contributed by atoms with Crippen molar-refractivity contribution >= 4 is 39.1 Å². The van der Waals surface area contributed by atoms with Crippen LogP contribution in [-0.4, -0.2) is 17.1 Å². The number of ether oxygens (including phenoxy) is 1. The first-order chi connectivity index (χ1) is 12.6. The van der Waals surface area contributed by atoms with Crippen molar-refractivity contribution in [2.24, 2.45) is 4.99 Å². The van der Waals surface area contributed by atoms with E-state index in [1.54, 1.807) is 6.08 Å². The third-order valence-corrected chi connectivity index (χ3v) is 5.04. The fraction of sp³-hybridized carbons (Fsp3) is 0.200. The van der Waals surface area contributed by atoms with Gasteiger partial charge >= 0.3 is 0 Å². The number of halogens is 1. The van der Waals surface area contributed by atoms with Gasteiger partial charge in [-0.15, -0.1) is 6.58 Å². The Labute approximate surface area is 161 Å². The molecule has 0 unspecified atom stereocenters. The van der Waals surface area contributed by atoms with Crippen LogP contribution in [0.2, 0.25) is 5.02 Å². The Bertz CT molecular complexity index is 1000. The zero-order chi connectivity index (χ0) is 18.5. The molecule has 0 spiro atoms. The van der Waals surface area contributed by atoms with Crippen LogP contribution in [0.15, 0.2) is 60.1 Å². The zero-order valence-corrected chi connectivity index (χ0v) is 16.0. The number of hydrogen-bond donors (Lipinski definition) is 0. The first-order valence-electron chi connectivity index (χ1n) is 8.29. The van der Waals surface area contributed by atoms with Crippen LogP contribution in [0, 0.1) is 0 Å². The van der Waals surface area contributed by atoms with Crippen molar-refractivity contribution in [3.05, 3.63) is 70.5 Å². The largest absolute Gasteiger partial charge is 0.494 e. The Morgan fingerprint density at radius 3 is 2.77 bits per heavy atom. The van der Waals surface area contributed by atoms with E-state index in [2.05, 4.69) is 11.6 Å². The summed E-state index contributed by atoms with van der Waals surface area (Å²) in [7, 11) is 0. The van der Waals surface area contributed by atoms with Crippen molar-refractivity contribution in [2.45, 2.75) is 19.9 Å². The monoisotopic (exact) mass is 386 g/mol. The zero-order valence-electron chi connectivity index (χ0n) is 14.4. The first-order valence-corrected chi connectivity index (χ1v) is 9.49. The maximum atomic E-state index is 12.4. The molecule has 0 aliphatic heterocycles. The Morgan fingerprint density at radius 2 is 2.08 bits per heavy atom. The SMILES string of the molecule is C=CCn1c(=NC(=O)Cc2ccc(OCC)cc2)sc2cc(Cl)ccc21. The van der Waals surface area contributed by atoms with Gasteiger partial charge in [-0.25, -0.2) is 0 Å². The van der Waals surface area contributed by atoms with E-state index in [0.29, 0.717) is 23.0 Å². The van der Waals surface area contributed by atoms with Gasteiger partial charge in [0.2, 0.25) is 0 Å². The van der Waals surface area contributed by atoms with Crippen LogP contribution in [0.4, 0.5) is 0 Å². The minimum absolute atomic E-state index is 0.190. The molecule has 0 bridgehead atoms. The van der Waals surface area contributed by atoms with Gasteiger partial charge in [-0.1, -0.05) is 41.1 Å². The molecule has 0 atom stereocenters. The summed E-state index contributed by atoms with van der Waals surface area (Å²) in [5, 5.41) is 0.664. The summed E-state index contributed by atoms with van der Waals surface area (Å²) < 4.78 is 8.38. The molecule has 1 aromatic heterocycles. The van der Waals surface area contributed by atoms with Crippen LogP contribution in [0.25, 0.3) is 10.2 Å². The van der Waals surface area contributed by atoms with E-state index in [0.717, 1.165) is 21.5 Å². The van der Waals surface area contributed by atoms with Crippen molar-refractivity contribution in [1.82, 2.24) is 4.57 Å². The Balaban J connectivity index is 1.89. The van der Waals surface area contributed by atoms with Gasteiger partial charge in [0.05, 0.1) is 23.2 Å². The number of amides is 1. The lowest BCUT2D eigenvalue weighted by atomic mass is 10.1. The lowest BCUT2D eigenvalue weighted by Crippen LogP contribution is -2.16. The molecule has 4 nitrogen and oxygen atoms in total. The number of rotatable bonds is 6. The second-order valence-corrected chi connectivity index (χ2v) is 7.10. The Hall–Kier alpha value is -2.37. The van der Waals surface area contributed by atoms with E-state index >= 15 is 0 Å².